The number of carbonyl (C=O) groups is 1. The van der Waals surface area contributed by atoms with E-state index in [0.717, 1.165) is 29.3 Å². The van der Waals surface area contributed by atoms with Crippen molar-refractivity contribution < 1.29 is 19.4 Å². The third kappa shape index (κ3) is 4.32. The summed E-state index contributed by atoms with van der Waals surface area (Å²) in [4.78, 5) is 17.5. The summed E-state index contributed by atoms with van der Waals surface area (Å²) in [6.45, 7) is 3.73. The fraction of sp³-hybridized carbons (Fsp3) is 0.350. The van der Waals surface area contributed by atoms with E-state index in [1.54, 1.807) is 23.5 Å². The monoisotopic (exact) mass is 386 g/mol. The Morgan fingerprint density at radius 2 is 2.00 bits per heavy atom. The number of amides is 1. The quantitative estimate of drug-likeness (QED) is 0.800. The zero-order valence-corrected chi connectivity index (χ0v) is 15.7. The molecule has 2 aliphatic rings. The van der Waals surface area contributed by atoms with Crippen LogP contribution in [0.15, 0.2) is 41.8 Å². The molecule has 0 aliphatic carbocycles. The van der Waals surface area contributed by atoms with Crippen LogP contribution >= 0.6 is 11.3 Å². The lowest BCUT2D eigenvalue weighted by molar-refractivity contribution is -0.127. The van der Waals surface area contributed by atoms with Crippen molar-refractivity contribution in [1.82, 2.24) is 9.80 Å². The molecule has 6 nitrogen and oxygen atoms in total. The zero-order valence-electron chi connectivity index (χ0n) is 14.9. The average molecular weight is 386 g/mol. The number of carbonyl (C=O) groups excluding carboxylic acids is 1. The first-order valence-corrected chi connectivity index (χ1v) is 9.87. The maximum Gasteiger partial charge on any atom is 0.246 e. The first kappa shape index (κ1) is 18.0. The highest BCUT2D eigenvalue weighted by molar-refractivity contribution is 7.10. The van der Waals surface area contributed by atoms with E-state index in [4.69, 9.17) is 9.47 Å². The minimum Gasteiger partial charge on any atom is -0.454 e. The van der Waals surface area contributed by atoms with E-state index in [1.165, 1.54) is 0 Å². The zero-order chi connectivity index (χ0) is 18.6. The van der Waals surface area contributed by atoms with Crippen LogP contribution in [0.5, 0.6) is 11.5 Å². The Bertz CT molecular complexity index is 813. The van der Waals surface area contributed by atoms with Crippen LogP contribution in [0, 0.1) is 0 Å². The summed E-state index contributed by atoms with van der Waals surface area (Å²) < 4.78 is 10.6. The molecule has 4 rings (SSSR count). The lowest BCUT2D eigenvalue weighted by Gasteiger charge is -2.35. The molecule has 1 atom stereocenters. The lowest BCUT2D eigenvalue weighted by Crippen LogP contribution is -2.49. The number of fused-ring (bicyclic) bond motifs is 1. The summed E-state index contributed by atoms with van der Waals surface area (Å²) in [6, 6.07) is 9.53. The molecule has 3 heterocycles. The number of benzene rings is 1. The molecule has 1 fully saturated rings. The van der Waals surface area contributed by atoms with Crippen LogP contribution in [0.4, 0.5) is 0 Å². The van der Waals surface area contributed by atoms with Crippen molar-refractivity contribution in [3.05, 3.63) is 52.2 Å². The van der Waals surface area contributed by atoms with Crippen LogP contribution in [-0.4, -0.2) is 60.3 Å². The normalized spacial score (nSPS) is 18.2. The second kappa shape index (κ2) is 8.12. The molecule has 0 spiro atoms. The third-order valence-corrected chi connectivity index (χ3v) is 5.78. The van der Waals surface area contributed by atoms with E-state index in [0.29, 0.717) is 25.4 Å². The fourth-order valence-electron chi connectivity index (χ4n) is 3.26. The summed E-state index contributed by atoms with van der Waals surface area (Å²) in [5.41, 5.74) is 0.908. The molecule has 1 N–H and O–H groups in total. The van der Waals surface area contributed by atoms with Crippen molar-refractivity contribution in [2.24, 2.45) is 0 Å². The molecular weight excluding hydrogens is 364 g/mol. The van der Waals surface area contributed by atoms with Gasteiger partial charge in [-0.05, 0) is 35.2 Å². The molecule has 0 saturated carbocycles. The Kier molecular flexibility index (Phi) is 5.42. The largest absolute Gasteiger partial charge is 0.454 e. The molecule has 1 aromatic heterocycles. The van der Waals surface area contributed by atoms with Crippen LogP contribution in [0.1, 0.15) is 16.5 Å². The highest BCUT2D eigenvalue weighted by atomic mass is 32.1. The van der Waals surface area contributed by atoms with Gasteiger partial charge in [0.15, 0.2) is 11.5 Å². The molecule has 2 aliphatic heterocycles. The number of hydrogen-bond donors (Lipinski definition) is 1. The van der Waals surface area contributed by atoms with Gasteiger partial charge in [0.2, 0.25) is 12.7 Å². The summed E-state index contributed by atoms with van der Waals surface area (Å²) in [5.74, 6) is 1.45. The molecule has 2 aromatic rings. The van der Waals surface area contributed by atoms with E-state index >= 15 is 0 Å². The van der Waals surface area contributed by atoms with E-state index in [2.05, 4.69) is 4.90 Å². The summed E-state index contributed by atoms with van der Waals surface area (Å²) in [7, 11) is 0. The molecule has 1 saturated heterocycles. The number of thiophene rings is 1. The summed E-state index contributed by atoms with van der Waals surface area (Å²) in [6.07, 6.45) is 2.95. The minimum absolute atomic E-state index is 0.00567. The Labute approximate surface area is 162 Å². The number of rotatable bonds is 5. The van der Waals surface area contributed by atoms with Gasteiger partial charge in [0.1, 0.15) is 6.10 Å². The van der Waals surface area contributed by atoms with Gasteiger partial charge < -0.3 is 19.5 Å². The number of nitrogens with zero attached hydrogens (tertiary/aromatic N) is 2. The molecule has 27 heavy (non-hydrogen) atoms. The topological polar surface area (TPSA) is 62.2 Å². The predicted octanol–water partition coefficient (Wildman–Crippen LogP) is 2.37. The smallest absolute Gasteiger partial charge is 0.246 e. The number of piperazine rings is 1. The third-order valence-electron chi connectivity index (χ3n) is 4.80. The molecule has 0 radical (unpaired) electrons. The van der Waals surface area contributed by atoms with E-state index in [9.17, 15) is 9.90 Å². The van der Waals surface area contributed by atoms with E-state index in [1.807, 2.05) is 40.6 Å². The van der Waals surface area contributed by atoms with Gasteiger partial charge in [0.05, 0.1) is 0 Å². The molecule has 1 amide bonds. The van der Waals surface area contributed by atoms with E-state index < -0.39 is 6.10 Å². The number of ether oxygens (including phenoxy) is 2. The Balaban J connectivity index is 1.27. The van der Waals surface area contributed by atoms with Gasteiger partial charge in [-0.1, -0.05) is 12.1 Å². The van der Waals surface area contributed by atoms with Crippen LogP contribution < -0.4 is 9.47 Å². The van der Waals surface area contributed by atoms with Gasteiger partial charge in [0, 0.05) is 43.7 Å². The summed E-state index contributed by atoms with van der Waals surface area (Å²) >= 11 is 1.57. The number of aliphatic hydroxyl groups excluding tert-OH is 1. The maximum atomic E-state index is 12.4. The Hall–Kier alpha value is -2.35. The Morgan fingerprint density at radius 3 is 2.78 bits per heavy atom. The maximum absolute atomic E-state index is 12.4. The molecule has 142 valence electrons. The first-order chi connectivity index (χ1) is 13.2. The number of aliphatic hydroxyl groups is 1. The molecular formula is C20H22N2O4S. The van der Waals surface area contributed by atoms with Crippen LogP contribution in [0.3, 0.4) is 0 Å². The fourth-order valence-corrected chi connectivity index (χ4v) is 3.96. The van der Waals surface area contributed by atoms with Crippen molar-refractivity contribution in [1.29, 1.82) is 0 Å². The molecule has 1 aromatic carbocycles. The minimum atomic E-state index is -0.460. The first-order valence-electron chi connectivity index (χ1n) is 8.99. The van der Waals surface area contributed by atoms with Gasteiger partial charge in [0.25, 0.3) is 0 Å². The lowest BCUT2D eigenvalue weighted by atomic mass is 10.2. The van der Waals surface area contributed by atoms with Gasteiger partial charge in [-0.15, -0.1) is 11.3 Å². The highest BCUT2D eigenvalue weighted by Crippen LogP contribution is 2.32. The standard InChI is InChI=1S/C20H22N2O4S/c23-16(19-2-1-11-27-19)13-21-7-9-22(10-8-21)20(24)6-4-15-3-5-17-18(12-15)26-14-25-17/h1-6,11-12,16,23H,7-10,13-14H2. The predicted molar refractivity (Wildman–Crippen MR) is 104 cm³/mol. The second-order valence-corrected chi connectivity index (χ2v) is 7.58. The van der Waals surface area contributed by atoms with Gasteiger partial charge in [-0.25, -0.2) is 0 Å². The van der Waals surface area contributed by atoms with Crippen molar-refractivity contribution in [3.8, 4) is 11.5 Å². The van der Waals surface area contributed by atoms with Crippen molar-refractivity contribution in [2.45, 2.75) is 6.10 Å². The Morgan fingerprint density at radius 1 is 1.19 bits per heavy atom. The van der Waals surface area contributed by atoms with Crippen LogP contribution in [-0.2, 0) is 4.79 Å². The molecule has 7 heteroatoms. The number of β-amino-alcohol motifs (C(OH)–C–C–N with tert-alkyl or cyclic N) is 1. The van der Waals surface area contributed by atoms with Crippen LogP contribution in [0.2, 0.25) is 0 Å². The van der Waals surface area contributed by atoms with Gasteiger partial charge in [-0.2, -0.15) is 0 Å². The molecule has 0 bridgehead atoms. The second-order valence-electron chi connectivity index (χ2n) is 6.60. The van der Waals surface area contributed by atoms with Crippen molar-refractivity contribution in [2.75, 3.05) is 39.5 Å². The van der Waals surface area contributed by atoms with Crippen molar-refractivity contribution in [3.63, 3.8) is 0 Å². The van der Waals surface area contributed by atoms with Crippen molar-refractivity contribution >= 4 is 23.3 Å². The average Bonchev–Trinajstić information content (AvgIpc) is 3.38. The SMILES string of the molecule is O=C(C=Cc1ccc2c(c1)OCO2)N1CCN(CC(O)c2cccs2)CC1. The van der Waals surface area contributed by atoms with Gasteiger partial charge >= 0.3 is 0 Å². The van der Waals surface area contributed by atoms with Crippen LogP contribution in [0.25, 0.3) is 6.08 Å². The highest BCUT2D eigenvalue weighted by Gasteiger charge is 2.22. The summed E-state index contributed by atoms with van der Waals surface area (Å²) in [5, 5.41) is 12.2. The van der Waals surface area contributed by atoms with E-state index in [-0.39, 0.29) is 12.7 Å². The molecule has 1 unspecified atom stereocenters. The van der Waals surface area contributed by atoms with Gasteiger partial charge in [-0.3, -0.25) is 9.69 Å². The number of hydrogen-bond acceptors (Lipinski definition) is 6.